The molecule has 2 N–H and O–H groups in total. The average Bonchev–Trinajstić information content (AvgIpc) is 2.71. The Hall–Kier alpha value is -1.34. The van der Waals surface area contributed by atoms with Crippen LogP contribution in [0.3, 0.4) is 0 Å². The zero-order chi connectivity index (χ0) is 21.2. The molecule has 172 valence electrons. The molecule has 7 nitrogen and oxygen atoms in total. The van der Waals surface area contributed by atoms with Crippen molar-refractivity contribution in [2.45, 2.75) is 52.4 Å². The molecule has 3 aliphatic rings. The molecule has 30 heavy (non-hydrogen) atoms. The zero-order valence-electron chi connectivity index (χ0n) is 19.4. The number of nitrogens with zero attached hydrogens (tertiary/aromatic N) is 4. The fourth-order valence-corrected chi connectivity index (χ4v) is 4.55. The smallest absolute Gasteiger partial charge is 0.225 e. The van der Waals surface area contributed by atoms with Crippen molar-refractivity contribution < 1.29 is 4.79 Å². The topological polar surface area (TPSA) is 63.2 Å². The van der Waals surface area contributed by atoms with Gasteiger partial charge in [0, 0.05) is 58.3 Å². The molecule has 1 aliphatic carbocycles. The number of likely N-dealkylation sites (tertiary alicyclic amines) is 1. The number of carbonyl (C=O) groups is 1. The third kappa shape index (κ3) is 7.41. The van der Waals surface area contributed by atoms with E-state index in [0.29, 0.717) is 11.8 Å². The zero-order valence-corrected chi connectivity index (χ0v) is 19.4. The van der Waals surface area contributed by atoms with Crippen molar-refractivity contribution in [2.24, 2.45) is 16.8 Å². The first kappa shape index (κ1) is 23.3. The van der Waals surface area contributed by atoms with Gasteiger partial charge >= 0.3 is 0 Å². The van der Waals surface area contributed by atoms with E-state index in [1.165, 1.54) is 38.9 Å². The van der Waals surface area contributed by atoms with Gasteiger partial charge in [0.25, 0.3) is 0 Å². The molecule has 2 saturated heterocycles. The van der Waals surface area contributed by atoms with E-state index in [1.807, 2.05) is 0 Å². The highest BCUT2D eigenvalue weighted by atomic mass is 16.2. The summed E-state index contributed by atoms with van der Waals surface area (Å²) in [5, 5.41) is 6.85. The van der Waals surface area contributed by atoms with Crippen LogP contribution in [-0.2, 0) is 4.79 Å². The molecule has 2 aliphatic heterocycles. The molecular formula is C23H44N6O. The summed E-state index contributed by atoms with van der Waals surface area (Å²) in [5.74, 6) is 2.56. The van der Waals surface area contributed by atoms with Gasteiger partial charge in [-0.2, -0.15) is 0 Å². The molecule has 0 unspecified atom stereocenters. The van der Waals surface area contributed by atoms with Gasteiger partial charge in [-0.15, -0.1) is 0 Å². The fraction of sp³-hybridized carbons (Fsp3) is 0.913. The van der Waals surface area contributed by atoms with E-state index in [0.717, 1.165) is 83.5 Å². The monoisotopic (exact) mass is 420 g/mol. The van der Waals surface area contributed by atoms with Crippen molar-refractivity contribution in [3.63, 3.8) is 0 Å². The lowest BCUT2D eigenvalue weighted by atomic mass is 9.84. The van der Waals surface area contributed by atoms with Gasteiger partial charge in [-0.3, -0.25) is 14.7 Å². The number of guanidine groups is 1. The van der Waals surface area contributed by atoms with Gasteiger partial charge in [-0.05, 0) is 64.6 Å². The minimum absolute atomic E-state index is 0.329. The quantitative estimate of drug-likeness (QED) is 0.337. The summed E-state index contributed by atoms with van der Waals surface area (Å²) < 4.78 is 0. The number of nitrogens with one attached hydrogen (secondary N) is 2. The standard InChI is InChI=1S/C23H44N6O/c1-3-24-23(25-10-5-12-27-13-8-20(2)9-14-27)26-11-15-28-16-18-29(19-17-28)22(30)21-6-4-7-21/h20-21H,3-19H2,1-2H3,(H2,24,25,26). The van der Waals surface area contributed by atoms with Crippen LogP contribution >= 0.6 is 0 Å². The van der Waals surface area contributed by atoms with E-state index >= 15 is 0 Å². The highest BCUT2D eigenvalue weighted by Crippen LogP contribution is 2.28. The Morgan fingerprint density at radius 1 is 0.933 bits per heavy atom. The Balaban J connectivity index is 1.28. The maximum absolute atomic E-state index is 12.4. The molecule has 0 aromatic heterocycles. The van der Waals surface area contributed by atoms with Gasteiger partial charge in [0.05, 0.1) is 0 Å². The third-order valence-electron chi connectivity index (χ3n) is 6.98. The summed E-state index contributed by atoms with van der Waals surface area (Å²) in [6.07, 6.45) is 7.25. The highest BCUT2D eigenvalue weighted by Gasteiger charge is 2.31. The predicted octanol–water partition coefficient (Wildman–Crippen LogP) is 1.61. The Morgan fingerprint density at radius 2 is 1.63 bits per heavy atom. The summed E-state index contributed by atoms with van der Waals surface area (Å²) in [5.41, 5.74) is 0. The van der Waals surface area contributed by atoms with Crippen LogP contribution in [0.4, 0.5) is 0 Å². The predicted molar refractivity (Wildman–Crippen MR) is 124 cm³/mol. The SMILES string of the molecule is CCNC(=NCCCN1CCC(C)CC1)NCCN1CCN(C(=O)C2CCC2)CC1. The van der Waals surface area contributed by atoms with E-state index in [4.69, 9.17) is 4.99 Å². The van der Waals surface area contributed by atoms with Crippen molar-refractivity contribution in [3.05, 3.63) is 0 Å². The third-order valence-corrected chi connectivity index (χ3v) is 6.98. The van der Waals surface area contributed by atoms with E-state index in [2.05, 4.69) is 39.2 Å². The number of amides is 1. The van der Waals surface area contributed by atoms with E-state index < -0.39 is 0 Å². The molecule has 1 amide bonds. The summed E-state index contributed by atoms with van der Waals surface area (Å²) in [7, 11) is 0. The van der Waals surface area contributed by atoms with Crippen LogP contribution in [0.2, 0.25) is 0 Å². The van der Waals surface area contributed by atoms with Gasteiger partial charge in [-0.1, -0.05) is 13.3 Å². The number of hydrogen-bond donors (Lipinski definition) is 2. The molecule has 2 heterocycles. The van der Waals surface area contributed by atoms with Crippen molar-refractivity contribution >= 4 is 11.9 Å². The molecule has 0 spiro atoms. The Bertz CT molecular complexity index is 534. The van der Waals surface area contributed by atoms with Crippen LogP contribution in [0, 0.1) is 11.8 Å². The molecule has 0 aromatic rings. The van der Waals surface area contributed by atoms with Crippen molar-refractivity contribution in [1.82, 2.24) is 25.3 Å². The first-order valence-corrected chi connectivity index (χ1v) is 12.4. The molecule has 0 radical (unpaired) electrons. The van der Waals surface area contributed by atoms with Crippen LogP contribution < -0.4 is 10.6 Å². The van der Waals surface area contributed by atoms with E-state index in [-0.39, 0.29) is 0 Å². The molecular weight excluding hydrogens is 376 g/mol. The van der Waals surface area contributed by atoms with Crippen LogP contribution in [0.15, 0.2) is 4.99 Å². The molecule has 0 atom stereocenters. The largest absolute Gasteiger partial charge is 0.357 e. The summed E-state index contributed by atoms with van der Waals surface area (Å²) in [6, 6.07) is 0. The first-order valence-electron chi connectivity index (χ1n) is 12.4. The molecule has 1 saturated carbocycles. The summed E-state index contributed by atoms with van der Waals surface area (Å²) in [4.78, 5) is 24.3. The van der Waals surface area contributed by atoms with Gasteiger partial charge in [0.1, 0.15) is 0 Å². The number of piperidine rings is 1. The number of carbonyl (C=O) groups excluding carboxylic acids is 1. The number of piperazine rings is 1. The molecule has 3 fully saturated rings. The number of aliphatic imine (C=N–C) groups is 1. The van der Waals surface area contributed by atoms with Crippen molar-refractivity contribution in [1.29, 1.82) is 0 Å². The van der Waals surface area contributed by atoms with E-state index in [9.17, 15) is 4.79 Å². The number of rotatable bonds is 9. The average molecular weight is 421 g/mol. The van der Waals surface area contributed by atoms with E-state index in [1.54, 1.807) is 0 Å². The van der Waals surface area contributed by atoms with Crippen molar-refractivity contribution in [3.8, 4) is 0 Å². The second-order valence-electron chi connectivity index (χ2n) is 9.36. The van der Waals surface area contributed by atoms with Gasteiger partial charge in [0.2, 0.25) is 5.91 Å². The maximum atomic E-state index is 12.4. The van der Waals surface area contributed by atoms with Gasteiger partial charge < -0.3 is 20.4 Å². The maximum Gasteiger partial charge on any atom is 0.225 e. The van der Waals surface area contributed by atoms with Gasteiger partial charge in [-0.25, -0.2) is 0 Å². The Labute approximate surface area is 183 Å². The lowest BCUT2D eigenvalue weighted by Crippen LogP contribution is -2.52. The Morgan fingerprint density at radius 3 is 2.27 bits per heavy atom. The molecule has 0 aromatic carbocycles. The number of hydrogen-bond acceptors (Lipinski definition) is 4. The lowest BCUT2D eigenvalue weighted by molar-refractivity contribution is -0.139. The second kappa shape index (κ2) is 12.5. The van der Waals surface area contributed by atoms with Crippen LogP contribution in [-0.4, -0.2) is 98.6 Å². The minimum Gasteiger partial charge on any atom is -0.357 e. The molecule has 3 rings (SSSR count). The van der Waals surface area contributed by atoms with Crippen molar-refractivity contribution in [2.75, 3.05) is 72.0 Å². The van der Waals surface area contributed by atoms with Gasteiger partial charge in [0.15, 0.2) is 5.96 Å². The summed E-state index contributed by atoms with van der Waals surface area (Å²) >= 11 is 0. The van der Waals surface area contributed by atoms with Crippen LogP contribution in [0.5, 0.6) is 0 Å². The highest BCUT2D eigenvalue weighted by molar-refractivity contribution is 5.80. The molecule has 7 heteroatoms. The minimum atomic E-state index is 0.329. The lowest BCUT2D eigenvalue weighted by Gasteiger charge is -2.38. The normalized spacial score (nSPS) is 22.7. The first-order chi connectivity index (χ1) is 14.7. The second-order valence-corrected chi connectivity index (χ2v) is 9.36. The molecule has 0 bridgehead atoms. The fourth-order valence-electron chi connectivity index (χ4n) is 4.55. The Kier molecular flexibility index (Phi) is 9.72. The van der Waals surface area contributed by atoms with Crippen LogP contribution in [0.25, 0.3) is 0 Å². The summed E-state index contributed by atoms with van der Waals surface area (Å²) in [6.45, 7) is 15.6. The van der Waals surface area contributed by atoms with Crippen LogP contribution in [0.1, 0.15) is 52.4 Å².